The third-order valence-electron chi connectivity index (χ3n) is 2.97. The van der Waals surface area contributed by atoms with Crippen LogP contribution in [0.1, 0.15) is 11.1 Å². The van der Waals surface area contributed by atoms with Gasteiger partial charge in [0.05, 0.1) is 12.4 Å². The number of amides is 2. The van der Waals surface area contributed by atoms with Gasteiger partial charge in [-0.15, -0.1) is 0 Å². The Morgan fingerprint density at radius 2 is 1.12 bits per heavy atom. The van der Waals surface area contributed by atoms with Crippen molar-refractivity contribution < 1.29 is 30.0 Å². The number of phenols is 4. The Morgan fingerprint density at radius 3 is 1.46 bits per heavy atom. The van der Waals surface area contributed by atoms with Gasteiger partial charge in [-0.05, 0) is 24.3 Å². The highest BCUT2D eigenvalue weighted by Gasteiger charge is 2.11. The topological polar surface area (TPSA) is 164 Å². The van der Waals surface area contributed by atoms with E-state index in [1.165, 1.54) is 24.3 Å². The molecule has 2 aromatic carbocycles. The summed E-state index contributed by atoms with van der Waals surface area (Å²) in [5.41, 5.74) is 4.28. The van der Waals surface area contributed by atoms with E-state index < -0.39 is 11.8 Å². The Bertz CT molecular complexity index is 821. The van der Waals surface area contributed by atoms with Crippen LogP contribution in [-0.2, 0) is 9.59 Å². The van der Waals surface area contributed by atoms with Crippen LogP contribution in [0.25, 0.3) is 0 Å². The van der Waals surface area contributed by atoms with Gasteiger partial charge in [0.15, 0.2) is 0 Å². The van der Waals surface area contributed by atoms with Gasteiger partial charge in [-0.2, -0.15) is 10.2 Å². The molecule has 0 saturated carbocycles. The van der Waals surface area contributed by atoms with Gasteiger partial charge in [0.25, 0.3) is 0 Å². The van der Waals surface area contributed by atoms with Gasteiger partial charge in [0, 0.05) is 23.3 Å². The zero-order chi connectivity index (χ0) is 19.1. The van der Waals surface area contributed by atoms with Crippen LogP contribution in [0.4, 0.5) is 0 Å². The van der Waals surface area contributed by atoms with E-state index in [2.05, 4.69) is 10.2 Å². The van der Waals surface area contributed by atoms with E-state index in [4.69, 9.17) is 10.2 Å². The molecule has 0 aliphatic heterocycles. The van der Waals surface area contributed by atoms with E-state index in [-0.39, 0.29) is 34.1 Å². The predicted molar refractivity (Wildman–Crippen MR) is 91.0 cm³/mol. The molecule has 0 saturated heterocycles. The number of carbonyl (C=O) groups excluding carboxylic acids is 2. The second-order valence-electron chi connectivity index (χ2n) is 4.88. The third kappa shape index (κ3) is 4.96. The molecule has 2 amide bonds. The summed E-state index contributed by atoms with van der Waals surface area (Å²) in [6.45, 7) is 0. The van der Waals surface area contributed by atoms with Crippen molar-refractivity contribution in [3.8, 4) is 23.0 Å². The highest BCUT2D eigenvalue weighted by Crippen LogP contribution is 2.21. The first kappa shape index (κ1) is 18.3. The van der Waals surface area contributed by atoms with Crippen molar-refractivity contribution in [1.82, 2.24) is 10.9 Å². The van der Waals surface area contributed by atoms with Crippen LogP contribution in [0.3, 0.4) is 0 Å². The van der Waals surface area contributed by atoms with E-state index in [1.807, 2.05) is 10.9 Å². The predicted octanol–water partition coefficient (Wildman–Crippen LogP) is 0.109. The summed E-state index contributed by atoms with van der Waals surface area (Å²) in [5, 5.41) is 44.4. The quantitative estimate of drug-likeness (QED) is 0.258. The normalized spacial score (nSPS) is 10.9. The zero-order valence-electron chi connectivity index (χ0n) is 13.1. The lowest BCUT2D eigenvalue weighted by molar-refractivity contribution is -0.139. The molecule has 0 atom stereocenters. The molecule has 0 aromatic heterocycles. The smallest absolute Gasteiger partial charge is 0.331 e. The Morgan fingerprint density at radius 1 is 0.731 bits per heavy atom. The van der Waals surface area contributed by atoms with Crippen LogP contribution in [0, 0.1) is 0 Å². The van der Waals surface area contributed by atoms with Crippen LogP contribution in [0.2, 0.25) is 0 Å². The SMILES string of the molecule is O=C(NN=Cc1ccc(O)cc1O)C(=O)N/N=C/c1ccc(O)cc1O. The number of carbonyl (C=O) groups is 2. The molecule has 0 fully saturated rings. The minimum Gasteiger partial charge on any atom is -0.508 e. The van der Waals surface area contributed by atoms with Gasteiger partial charge in [0.2, 0.25) is 0 Å². The van der Waals surface area contributed by atoms with Crippen LogP contribution >= 0.6 is 0 Å². The lowest BCUT2D eigenvalue weighted by Gasteiger charge is -2.01. The summed E-state index contributed by atoms with van der Waals surface area (Å²) in [6, 6.07) is 7.50. The number of hydrogen-bond acceptors (Lipinski definition) is 8. The molecule has 0 spiro atoms. The molecule has 10 nitrogen and oxygen atoms in total. The van der Waals surface area contributed by atoms with Crippen molar-refractivity contribution in [3.63, 3.8) is 0 Å². The van der Waals surface area contributed by atoms with Crippen LogP contribution < -0.4 is 10.9 Å². The van der Waals surface area contributed by atoms with E-state index in [9.17, 15) is 19.8 Å². The van der Waals surface area contributed by atoms with Gasteiger partial charge >= 0.3 is 11.8 Å². The second-order valence-corrected chi connectivity index (χ2v) is 4.88. The first-order valence-corrected chi connectivity index (χ1v) is 7.07. The molecule has 0 bridgehead atoms. The molecule has 10 heteroatoms. The van der Waals surface area contributed by atoms with Crippen LogP contribution in [0.15, 0.2) is 46.6 Å². The molecule has 0 unspecified atom stereocenters. The zero-order valence-corrected chi connectivity index (χ0v) is 13.1. The largest absolute Gasteiger partial charge is 0.508 e. The van der Waals surface area contributed by atoms with Crippen LogP contribution in [0.5, 0.6) is 23.0 Å². The van der Waals surface area contributed by atoms with Gasteiger partial charge in [-0.25, -0.2) is 10.9 Å². The standard InChI is InChI=1S/C16H14N4O6/c21-11-3-1-9(13(23)5-11)7-17-19-15(25)16(26)20-18-8-10-2-4-12(22)6-14(10)24/h1-8,21-24H,(H,19,25)(H,20,26)/b17-7+,18-8?. The monoisotopic (exact) mass is 358 g/mol. The van der Waals surface area contributed by atoms with Gasteiger partial charge in [0.1, 0.15) is 23.0 Å². The first-order valence-electron chi connectivity index (χ1n) is 7.07. The highest BCUT2D eigenvalue weighted by molar-refractivity contribution is 6.35. The Labute approximate surface area is 146 Å². The van der Waals surface area contributed by atoms with E-state index in [0.29, 0.717) is 0 Å². The summed E-state index contributed by atoms with van der Waals surface area (Å²) in [7, 11) is 0. The summed E-state index contributed by atoms with van der Waals surface area (Å²) in [4.78, 5) is 23.1. The fraction of sp³-hybridized carbons (Fsp3) is 0. The molecule has 2 aromatic rings. The average Bonchev–Trinajstić information content (AvgIpc) is 2.58. The number of rotatable bonds is 4. The number of nitrogens with one attached hydrogen (secondary N) is 2. The average molecular weight is 358 g/mol. The second kappa shape index (κ2) is 8.15. The van der Waals surface area contributed by atoms with Gasteiger partial charge in [-0.1, -0.05) is 0 Å². The Hall–Kier alpha value is -4.08. The fourth-order valence-electron chi connectivity index (χ4n) is 1.70. The van der Waals surface area contributed by atoms with Crippen molar-refractivity contribution >= 4 is 24.2 Å². The number of aromatic hydroxyl groups is 4. The van der Waals surface area contributed by atoms with E-state index in [0.717, 1.165) is 24.6 Å². The number of phenolic OH excluding ortho intramolecular Hbond substituents is 4. The molecule has 2 rings (SSSR count). The molecule has 6 N–H and O–H groups in total. The lowest BCUT2D eigenvalue weighted by Crippen LogP contribution is -2.35. The fourth-order valence-corrected chi connectivity index (χ4v) is 1.70. The molecule has 26 heavy (non-hydrogen) atoms. The molecular weight excluding hydrogens is 344 g/mol. The first-order chi connectivity index (χ1) is 12.4. The van der Waals surface area contributed by atoms with Crippen molar-refractivity contribution in [1.29, 1.82) is 0 Å². The van der Waals surface area contributed by atoms with Crippen molar-refractivity contribution in [2.45, 2.75) is 0 Å². The number of benzene rings is 2. The molecule has 134 valence electrons. The molecule has 0 heterocycles. The van der Waals surface area contributed by atoms with Crippen molar-refractivity contribution in [2.75, 3.05) is 0 Å². The number of nitrogens with zero attached hydrogens (tertiary/aromatic N) is 2. The van der Waals surface area contributed by atoms with Gasteiger partial charge < -0.3 is 20.4 Å². The summed E-state index contributed by atoms with van der Waals surface area (Å²) >= 11 is 0. The van der Waals surface area contributed by atoms with E-state index >= 15 is 0 Å². The lowest BCUT2D eigenvalue weighted by atomic mass is 10.2. The molecule has 0 aliphatic rings. The maximum atomic E-state index is 11.5. The van der Waals surface area contributed by atoms with E-state index in [1.54, 1.807) is 0 Å². The Balaban J connectivity index is 1.88. The summed E-state index contributed by atoms with van der Waals surface area (Å²) in [5.74, 6) is -3.03. The molecule has 0 radical (unpaired) electrons. The minimum absolute atomic E-state index is 0.138. The Kier molecular flexibility index (Phi) is 5.72. The molecular formula is C16H14N4O6. The van der Waals surface area contributed by atoms with Crippen molar-refractivity contribution in [3.05, 3.63) is 47.5 Å². The maximum Gasteiger partial charge on any atom is 0.331 e. The van der Waals surface area contributed by atoms with Crippen LogP contribution in [-0.4, -0.2) is 44.7 Å². The summed E-state index contributed by atoms with van der Waals surface area (Å²) < 4.78 is 0. The third-order valence-corrected chi connectivity index (χ3v) is 2.97. The minimum atomic E-state index is -1.12. The highest BCUT2D eigenvalue weighted by atomic mass is 16.3. The number of hydrazone groups is 2. The van der Waals surface area contributed by atoms with Crippen molar-refractivity contribution in [2.24, 2.45) is 10.2 Å². The summed E-state index contributed by atoms with van der Waals surface area (Å²) in [6.07, 6.45) is 2.16. The van der Waals surface area contributed by atoms with Gasteiger partial charge in [-0.3, -0.25) is 9.59 Å². The molecule has 0 aliphatic carbocycles. The maximum absolute atomic E-state index is 11.5. The number of hydrogen-bond donors (Lipinski definition) is 6.